The fourth-order valence-electron chi connectivity index (χ4n) is 3.05. The van der Waals surface area contributed by atoms with E-state index < -0.39 is 5.63 Å². The topological polar surface area (TPSA) is 70.7 Å². The van der Waals surface area contributed by atoms with Crippen LogP contribution >= 0.6 is 23.2 Å². The molecule has 4 rings (SSSR count). The van der Waals surface area contributed by atoms with Gasteiger partial charge in [-0.2, -0.15) is 0 Å². The molecule has 0 saturated carbocycles. The first-order chi connectivity index (χ1) is 12.9. The van der Waals surface area contributed by atoms with Crippen LogP contribution in [-0.2, 0) is 0 Å². The van der Waals surface area contributed by atoms with Crippen molar-refractivity contribution >= 4 is 34.2 Å². The van der Waals surface area contributed by atoms with Crippen LogP contribution in [0.5, 0.6) is 11.5 Å². The maximum Gasteiger partial charge on any atom is 0.344 e. The van der Waals surface area contributed by atoms with Gasteiger partial charge in [-0.05, 0) is 47.5 Å². The summed E-state index contributed by atoms with van der Waals surface area (Å²) in [7, 11) is 0. The Bertz CT molecular complexity index is 1210. The van der Waals surface area contributed by atoms with Crippen molar-refractivity contribution in [3.05, 3.63) is 81.1 Å². The molecule has 0 spiro atoms. The Labute approximate surface area is 163 Å². The number of hydrogen-bond acceptors (Lipinski definition) is 4. The van der Waals surface area contributed by atoms with Gasteiger partial charge in [0.2, 0.25) is 0 Å². The van der Waals surface area contributed by atoms with Gasteiger partial charge in [0.15, 0.2) is 5.58 Å². The number of hydrogen-bond donors (Lipinski definition) is 2. The molecule has 0 aliphatic carbocycles. The van der Waals surface area contributed by atoms with Crippen LogP contribution in [0.15, 0.2) is 69.9 Å². The zero-order chi connectivity index (χ0) is 19.1. The molecule has 0 amide bonds. The largest absolute Gasteiger partial charge is 0.508 e. The maximum absolute atomic E-state index is 12.8. The van der Waals surface area contributed by atoms with E-state index in [1.54, 1.807) is 30.3 Å². The lowest BCUT2D eigenvalue weighted by Crippen LogP contribution is -2.06. The smallest absolute Gasteiger partial charge is 0.344 e. The Hall–Kier alpha value is -2.95. The predicted octanol–water partition coefficient (Wildman–Crippen LogP) is 5.85. The highest BCUT2D eigenvalue weighted by molar-refractivity contribution is 6.38. The molecule has 0 unspecified atom stereocenters. The second-order valence-electron chi connectivity index (χ2n) is 6.00. The number of halogens is 2. The minimum atomic E-state index is -0.569. The van der Waals surface area contributed by atoms with Gasteiger partial charge < -0.3 is 14.6 Å². The van der Waals surface area contributed by atoms with Crippen molar-refractivity contribution in [2.24, 2.45) is 0 Å². The van der Waals surface area contributed by atoms with E-state index in [9.17, 15) is 15.0 Å². The first-order valence-corrected chi connectivity index (χ1v) is 8.74. The maximum atomic E-state index is 12.8. The van der Waals surface area contributed by atoms with E-state index in [1.807, 2.05) is 0 Å². The quantitative estimate of drug-likeness (QED) is 0.415. The fourth-order valence-corrected chi connectivity index (χ4v) is 3.58. The lowest BCUT2D eigenvalue weighted by molar-refractivity contribution is 0.475. The average Bonchev–Trinajstić information content (AvgIpc) is 2.63. The molecule has 134 valence electrons. The molecule has 4 aromatic rings. The predicted molar refractivity (Wildman–Crippen MR) is 107 cm³/mol. The van der Waals surface area contributed by atoms with Gasteiger partial charge in [-0.25, -0.2) is 4.79 Å². The third kappa shape index (κ3) is 3.14. The highest BCUT2D eigenvalue weighted by Crippen LogP contribution is 2.40. The minimum Gasteiger partial charge on any atom is -0.508 e. The summed E-state index contributed by atoms with van der Waals surface area (Å²) in [5.41, 5.74) is 1.81. The molecule has 2 N–H and O–H groups in total. The zero-order valence-corrected chi connectivity index (χ0v) is 15.3. The number of aromatic hydroxyl groups is 2. The summed E-state index contributed by atoms with van der Waals surface area (Å²) in [5, 5.41) is 20.4. The summed E-state index contributed by atoms with van der Waals surface area (Å²) in [6.45, 7) is 0. The minimum absolute atomic E-state index is 0.0844. The van der Waals surface area contributed by atoms with Crippen molar-refractivity contribution in [3.8, 4) is 33.8 Å². The Kier molecular flexibility index (Phi) is 4.30. The van der Waals surface area contributed by atoms with Crippen molar-refractivity contribution in [2.75, 3.05) is 0 Å². The van der Waals surface area contributed by atoms with Crippen LogP contribution in [0.1, 0.15) is 0 Å². The molecule has 0 aliphatic rings. The molecular weight excluding hydrogens is 387 g/mol. The lowest BCUT2D eigenvalue weighted by atomic mass is 9.93. The summed E-state index contributed by atoms with van der Waals surface area (Å²) in [6, 6.07) is 15.9. The summed E-state index contributed by atoms with van der Waals surface area (Å²) in [6.07, 6.45) is 0. The first kappa shape index (κ1) is 17.5. The van der Waals surface area contributed by atoms with Crippen molar-refractivity contribution in [1.29, 1.82) is 0 Å². The standard InChI is InChI=1S/C21H12Cl2O4/c22-13-9-16-18(11-1-5-14(24)6-2-11)19(12-3-7-15(25)8-4-12)21(26)27-20(16)17(23)10-13/h1-10,24-25H. The van der Waals surface area contributed by atoms with Crippen LogP contribution in [0.2, 0.25) is 10.0 Å². The third-order valence-electron chi connectivity index (χ3n) is 4.24. The molecule has 3 aromatic carbocycles. The Balaban J connectivity index is 2.18. The highest BCUT2D eigenvalue weighted by Gasteiger charge is 2.20. The van der Waals surface area contributed by atoms with Gasteiger partial charge >= 0.3 is 5.63 Å². The second-order valence-corrected chi connectivity index (χ2v) is 6.84. The highest BCUT2D eigenvalue weighted by atomic mass is 35.5. The summed E-state index contributed by atoms with van der Waals surface area (Å²) in [5.74, 6) is 0.189. The molecule has 27 heavy (non-hydrogen) atoms. The number of fused-ring (bicyclic) bond motifs is 1. The Morgan fingerprint density at radius 1 is 0.741 bits per heavy atom. The molecule has 0 atom stereocenters. The monoisotopic (exact) mass is 398 g/mol. The van der Waals surface area contributed by atoms with E-state index in [2.05, 4.69) is 0 Å². The molecule has 4 nitrogen and oxygen atoms in total. The van der Waals surface area contributed by atoms with Crippen molar-refractivity contribution in [2.45, 2.75) is 0 Å². The number of rotatable bonds is 2. The average molecular weight is 399 g/mol. The molecule has 0 aliphatic heterocycles. The normalized spacial score (nSPS) is 11.0. The van der Waals surface area contributed by atoms with Crippen molar-refractivity contribution in [1.82, 2.24) is 0 Å². The van der Waals surface area contributed by atoms with Gasteiger partial charge in [-0.3, -0.25) is 0 Å². The third-order valence-corrected chi connectivity index (χ3v) is 4.74. The van der Waals surface area contributed by atoms with Crippen LogP contribution in [0.25, 0.3) is 33.2 Å². The van der Waals surface area contributed by atoms with E-state index in [0.717, 1.165) is 0 Å². The van der Waals surface area contributed by atoms with Gasteiger partial charge in [0.25, 0.3) is 0 Å². The van der Waals surface area contributed by atoms with Crippen LogP contribution < -0.4 is 5.63 Å². The van der Waals surface area contributed by atoms with Gasteiger partial charge in [-0.1, -0.05) is 47.5 Å². The first-order valence-electron chi connectivity index (χ1n) is 7.98. The van der Waals surface area contributed by atoms with E-state index in [4.69, 9.17) is 27.6 Å². The van der Waals surface area contributed by atoms with Gasteiger partial charge in [0.1, 0.15) is 11.5 Å². The zero-order valence-electron chi connectivity index (χ0n) is 13.7. The number of phenolic OH excluding ortho intramolecular Hbond substituents is 2. The molecule has 0 fully saturated rings. The van der Waals surface area contributed by atoms with E-state index in [-0.39, 0.29) is 22.1 Å². The second kappa shape index (κ2) is 6.65. The van der Waals surface area contributed by atoms with Gasteiger partial charge in [-0.15, -0.1) is 0 Å². The number of phenols is 2. The van der Waals surface area contributed by atoms with Crippen LogP contribution in [-0.4, -0.2) is 10.2 Å². The Morgan fingerprint density at radius 2 is 1.26 bits per heavy atom. The SMILES string of the molecule is O=c1oc2c(Cl)cc(Cl)cc2c(-c2ccc(O)cc2)c1-c1ccc(O)cc1. The van der Waals surface area contributed by atoms with Crippen LogP contribution in [0, 0.1) is 0 Å². The lowest BCUT2D eigenvalue weighted by Gasteiger charge is -2.13. The van der Waals surface area contributed by atoms with Crippen molar-refractivity contribution < 1.29 is 14.6 Å². The summed E-state index contributed by atoms with van der Waals surface area (Å²) >= 11 is 12.4. The van der Waals surface area contributed by atoms with Crippen molar-refractivity contribution in [3.63, 3.8) is 0 Å². The van der Waals surface area contributed by atoms with E-state index in [0.29, 0.717) is 32.7 Å². The Morgan fingerprint density at radius 3 is 1.81 bits per heavy atom. The van der Waals surface area contributed by atoms with E-state index >= 15 is 0 Å². The molecule has 6 heteroatoms. The molecule has 0 radical (unpaired) electrons. The number of benzene rings is 3. The van der Waals surface area contributed by atoms with Gasteiger partial charge in [0, 0.05) is 16.0 Å². The van der Waals surface area contributed by atoms with Crippen LogP contribution in [0.4, 0.5) is 0 Å². The van der Waals surface area contributed by atoms with Gasteiger partial charge in [0.05, 0.1) is 10.6 Å². The molecule has 0 saturated heterocycles. The van der Waals surface area contributed by atoms with E-state index in [1.165, 1.54) is 30.3 Å². The molecule has 1 aromatic heterocycles. The fraction of sp³-hybridized carbons (Fsp3) is 0. The van der Waals surface area contributed by atoms with Crippen LogP contribution in [0.3, 0.4) is 0 Å². The summed E-state index contributed by atoms with van der Waals surface area (Å²) in [4.78, 5) is 12.8. The molecule has 0 bridgehead atoms. The molecule has 1 heterocycles. The molecular formula is C21H12Cl2O4. The summed E-state index contributed by atoms with van der Waals surface area (Å²) < 4.78 is 5.49.